The summed E-state index contributed by atoms with van der Waals surface area (Å²) in [6.07, 6.45) is 4.61. The lowest BCUT2D eigenvalue weighted by Gasteiger charge is -2.34. The third-order valence-corrected chi connectivity index (χ3v) is 7.91. The Morgan fingerprint density at radius 2 is 1.86 bits per heavy atom. The summed E-state index contributed by atoms with van der Waals surface area (Å²) in [5.74, 6) is 0.802. The lowest BCUT2D eigenvalue weighted by Crippen LogP contribution is -2.47. The van der Waals surface area contributed by atoms with Crippen LogP contribution >= 0.6 is 11.8 Å². The van der Waals surface area contributed by atoms with Gasteiger partial charge < -0.3 is 9.32 Å². The summed E-state index contributed by atoms with van der Waals surface area (Å²) in [5.41, 5.74) is 0.830. The Balaban J connectivity index is 1.42. The minimum absolute atomic E-state index is 0.0431. The van der Waals surface area contributed by atoms with E-state index < -0.39 is 9.84 Å². The van der Waals surface area contributed by atoms with Gasteiger partial charge in [0.1, 0.15) is 0 Å². The van der Waals surface area contributed by atoms with Crippen LogP contribution in [0.5, 0.6) is 0 Å². The molecule has 1 aromatic heterocycles. The first-order valence-electron chi connectivity index (χ1n) is 9.55. The molecular weight excluding hydrogens is 398 g/mol. The lowest BCUT2D eigenvalue weighted by atomic mass is 10.1. The molecule has 0 N–H and O–H groups in total. The summed E-state index contributed by atoms with van der Waals surface area (Å²) in [5, 5.41) is 8.41. The highest BCUT2D eigenvalue weighted by molar-refractivity contribution is 7.99. The number of benzene rings is 1. The van der Waals surface area contributed by atoms with Gasteiger partial charge in [0.15, 0.2) is 9.84 Å². The van der Waals surface area contributed by atoms with E-state index in [2.05, 4.69) is 10.2 Å². The molecule has 9 heteroatoms. The first kappa shape index (κ1) is 19.4. The molecule has 7 nitrogen and oxygen atoms in total. The van der Waals surface area contributed by atoms with Crippen molar-refractivity contribution in [3.8, 4) is 11.5 Å². The second-order valence-electron chi connectivity index (χ2n) is 7.32. The zero-order chi connectivity index (χ0) is 19.6. The number of amides is 1. The van der Waals surface area contributed by atoms with E-state index >= 15 is 0 Å². The van der Waals surface area contributed by atoms with Gasteiger partial charge in [-0.15, -0.1) is 10.2 Å². The molecule has 1 saturated carbocycles. The Bertz CT molecular complexity index is 924. The molecule has 2 fully saturated rings. The Morgan fingerprint density at radius 3 is 2.54 bits per heavy atom. The number of hydrogen-bond donors (Lipinski definition) is 0. The minimum atomic E-state index is -3.04. The van der Waals surface area contributed by atoms with Crippen molar-refractivity contribution in [2.75, 3.05) is 17.3 Å². The standard InChI is InChI=1S/C19H23N3O4S2/c23-17(12-27-19-21-20-18(26-19)14-6-2-1-3-7-14)22(15-8-4-5-9-15)16-10-11-28(24,25)13-16/h1-3,6-7,15-16H,4-5,8-13H2/t16-/m0/s1. The molecule has 1 aliphatic carbocycles. The van der Waals surface area contributed by atoms with Crippen LogP contribution in [0, 0.1) is 0 Å². The van der Waals surface area contributed by atoms with E-state index in [1.165, 1.54) is 11.8 Å². The van der Waals surface area contributed by atoms with Gasteiger partial charge in [-0.2, -0.15) is 0 Å². The molecule has 1 aromatic carbocycles. The van der Waals surface area contributed by atoms with Crippen molar-refractivity contribution < 1.29 is 17.6 Å². The van der Waals surface area contributed by atoms with Crippen LogP contribution in [0.25, 0.3) is 11.5 Å². The molecule has 2 aliphatic rings. The number of carbonyl (C=O) groups is 1. The zero-order valence-electron chi connectivity index (χ0n) is 15.5. The molecule has 0 spiro atoms. The van der Waals surface area contributed by atoms with Gasteiger partial charge in [0.2, 0.25) is 11.8 Å². The second kappa shape index (κ2) is 8.24. The number of carbonyl (C=O) groups excluding carboxylic acids is 1. The van der Waals surface area contributed by atoms with Crippen molar-refractivity contribution in [2.24, 2.45) is 0 Å². The maximum Gasteiger partial charge on any atom is 0.277 e. The van der Waals surface area contributed by atoms with Crippen molar-refractivity contribution in [1.82, 2.24) is 15.1 Å². The summed E-state index contributed by atoms with van der Waals surface area (Å²) in [4.78, 5) is 14.8. The van der Waals surface area contributed by atoms with Gasteiger partial charge >= 0.3 is 0 Å². The maximum absolute atomic E-state index is 13.0. The Labute approximate surface area is 168 Å². The van der Waals surface area contributed by atoms with E-state index in [-0.39, 0.29) is 35.2 Å². The summed E-state index contributed by atoms with van der Waals surface area (Å²) in [7, 11) is -3.04. The number of aromatic nitrogens is 2. The van der Waals surface area contributed by atoms with E-state index in [9.17, 15) is 13.2 Å². The number of hydrogen-bond acceptors (Lipinski definition) is 7. The molecule has 2 aromatic rings. The highest BCUT2D eigenvalue weighted by atomic mass is 32.2. The molecule has 4 rings (SSSR count). The van der Waals surface area contributed by atoms with Crippen molar-refractivity contribution in [3.63, 3.8) is 0 Å². The fourth-order valence-corrected chi connectivity index (χ4v) is 6.39. The van der Waals surface area contributed by atoms with E-state index in [0.717, 1.165) is 31.2 Å². The summed E-state index contributed by atoms with van der Waals surface area (Å²) < 4.78 is 29.5. The molecule has 0 unspecified atom stereocenters. The third-order valence-electron chi connectivity index (χ3n) is 5.35. The highest BCUT2D eigenvalue weighted by Gasteiger charge is 2.38. The highest BCUT2D eigenvalue weighted by Crippen LogP contribution is 2.30. The molecule has 1 aliphatic heterocycles. The topological polar surface area (TPSA) is 93.4 Å². The minimum Gasteiger partial charge on any atom is -0.411 e. The van der Waals surface area contributed by atoms with Crippen LogP contribution in [0.1, 0.15) is 32.1 Å². The number of nitrogens with zero attached hydrogens (tertiary/aromatic N) is 3. The molecule has 2 heterocycles. The number of thioether (sulfide) groups is 1. The molecule has 1 atom stereocenters. The average Bonchev–Trinajstić information content (AvgIpc) is 3.43. The van der Waals surface area contributed by atoms with Gasteiger partial charge in [0.05, 0.1) is 17.3 Å². The van der Waals surface area contributed by atoms with Gasteiger partial charge in [0, 0.05) is 17.6 Å². The Morgan fingerprint density at radius 1 is 1.11 bits per heavy atom. The SMILES string of the molecule is O=C(CSc1nnc(-c2ccccc2)o1)N(C1CCCC1)[C@H]1CCS(=O)(=O)C1. The van der Waals surface area contributed by atoms with Crippen LogP contribution < -0.4 is 0 Å². The van der Waals surface area contributed by atoms with Gasteiger partial charge in [0.25, 0.3) is 5.22 Å². The third kappa shape index (κ3) is 4.41. The van der Waals surface area contributed by atoms with Crippen molar-refractivity contribution in [1.29, 1.82) is 0 Å². The van der Waals surface area contributed by atoms with Crippen molar-refractivity contribution in [3.05, 3.63) is 30.3 Å². The number of rotatable bonds is 6. The van der Waals surface area contributed by atoms with E-state index in [0.29, 0.717) is 17.5 Å². The van der Waals surface area contributed by atoms with Gasteiger partial charge in [-0.25, -0.2) is 8.42 Å². The first-order chi connectivity index (χ1) is 13.5. The predicted molar refractivity (Wildman–Crippen MR) is 107 cm³/mol. The van der Waals surface area contributed by atoms with Gasteiger partial charge in [-0.3, -0.25) is 4.79 Å². The van der Waals surface area contributed by atoms with Crippen LogP contribution in [0.15, 0.2) is 40.0 Å². The maximum atomic E-state index is 13.0. The predicted octanol–water partition coefficient (Wildman–Crippen LogP) is 2.79. The van der Waals surface area contributed by atoms with Crippen LogP contribution in [0.3, 0.4) is 0 Å². The largest absolute Gasteiger partial charge is 0.411 e. The summed E-state index contributed by atoms with van der Waals surface area (Å²) >= 11 is 1.21. The normalized spacial score (nSPS) is 21.8. The molecule has 0 bridgehead atoms. The van der Waals surface area contributed by atoms with Crippen molar-refractivity contribution in [2.45, 2.75) is 49.4 Å². The van der Waals surface area contributed by atoms with E-state index in [1.807, 2.05) is 35.2 Å². The molecule has 0 radical (unpaired) electrons. The fourth-order valence-electron chi connectivity index (χ4n) is 4.05. The van der Waals surface area contributed by atoms with Crippen molar-refractivity contribution >= 4 is 27.5 Å². The summed E-state index contributed by atoms with van der Waals surface area (Å²) in [6.45, 7) is 0. The fraction of sp³-hybridized carbons (Fsp3) is 0.526. The lowest BCUT2D eigenvalue weighted by molar-refractivity contribution is -0.132. The monoisotopic (exact) mass is 421 g/mol. The smallest absolute Gasteiger partial charge is 0.277 e. The zero-order valence-corrected chi connectivity index (χ0v) is 17.1. The van der Waals surface area contributed by atoms with E-state index in [1.54, 1.807) is 0 Å². The molecule has 28 heavy (non-hydrogen) atoms. The van der Waals surface area contributed by atoms with Gasteiger partial charge in [-0.1, -0.05) is 42.8 Å². The summed E-state index contributed by atoms with van der Waals surface area (Å²) in [6, 6.07) is 9.41. The first-order valence-corrected chi connectivity index (χ1v) is 12.4. The van der Waals surface area contributed by atoms with Gasteiger partial charge in [-0.05, 0) is 31.4 Å². The van der Waals surface area contributed by atoms with Crippen LogP contribution in [-0.4, -0.2) is 58.8 Å². The molecule has 150 valence electrons. The molecule has 1 saturated heterocycles. The second-order valence-corrected chi connectivity index (χ2v) is 10.5. The number of sulfone groups is 1. The quantitative estimate of drug-likeness (QED) is 0.662. The Hall–Kier alpha value is -1.87. The average molecular weight is 422 g/mol. The Kier molecular flexibility index (Phi) is 5.73. The van der Waals surface area contributed by atoms with Crippen LogP contribution in [0.4, 0.5) is 0 Å². The molecular formula is C19H23N3O4S2. The van der Waals surface area contributed by atoms with Crippen LogP contribution in [-0.2, 0) is 14.6 Å². The van der Waals surface area contributed by atoms with Crippen LogP contribution in [0.2, 0.25) is 0 Å². The molecule has 1 amide bonds. The van der Waals surface area contributed by atoms with E-state index in [4.69, 9.17) is 4.42 Å².